The molecular formula is C19H15Cl2NO4. The fraction of sp³-hybridized carbons (Fsp3) is 0.105. The van der Waals surface area contributed by atoms with Crippen LogP contribution < -0.4 is 14.8 Å². The Bertz CT molecular complexity index is 903. The number of carbonyl (C=O) groups excluding carboxylic acids is 1. The van der Waals surface area contributed by atoms with Crippen LogP contribution in [0.5, 0.6) is 11.5 Å². The predicted octanol–water partition coefficient (Wildman–Crippen LogP) is 5.43. The van der Waals surface area contributed by atoms with E-state index < -0.39 is 5.91 Å². The zero-order chi connectivity index (χ0) is 18.5. The monoisotopic (exact) mass is 391 g/mol. The second-order valence-electron chi connectivity index (χ2n) is 5.26. The van der Waals surface area contributed by atoms with Crippen molar-refractivity contribution in [3.63, 3.8) is 0 Å². The lowest BCUT2D eigenvalue weighted by Crippen LogP contribution is -2.11. The molecule has 0 radical (unpaired) electrons. The largest absolute Gasteiger partial charge is 0.493 e. The van der Waals surface area contributed by atoms with E-state index in [0.717, 1.165) is 0 Å². The van der Waals surface area contributed by atoms with Crippen molar-refractivity contribution in [2.45, 2.75) is 6.61 Å². The number of hydrogen-bond donors (Lipinski definition) is 1. The van der Waals surface area contributed by atoms with E-state index in [1.807, 2.05) is 12.1 Å². The highest BCUT2D eigenvalue weighted by Crippen LogP contribution is 2.30. The summed E-state index contributed by atoms with van der Waals surface area (Å²) in [6, 6.07) is 15.5. The van der Waals surface area contributed by atoms with Crippen LogP contribution >= 0.6 is 23.2 Å². The highest BCUT2D eigenvalue weighted by molar-refractivity contribution is 6.39. The summed E-state index contributed by atoms with van der Waals surface area (Å²) in [5, 5.41) is 3.33. The molecule has 1 amide bonds. The van der Waals surface area contributed by atoms with Gasteiger partial charge in [0.2, 0.25) is 0 Å². The summed E-state index contributed by atoms with van der Waals surface area (Å²) in [5.74, 6) is 1.36. The zero-order valence-corrected chi connectivity index (χ0v) is 15.3. The fourth-order valence-corrected chi connectivity index (χ4v) is 2.75. The topological polar surface area (TPSA) is 60.7 Å². The van der Waals surface area contributed by atoms with Crippen molar-refractivity contribution in [1.82, 2.24) is 0 Å². The minimum absolute atomic E-state index is 0.125. The summed E-state index contributed by atoms with van der Waals surface area (Å²) in [6.45, 7) is 0.153. The van der Waals surface area contributed by atoms with Crippen molar-refractivity contribution in [1.29, 1.82) is 0 Å². The Labute approximate surface area is 160 Å². The molecule has 0 aliphatic carbocycles. The number of methoxy groups -OCH3 is 1. The third kappa shape index (κ3) is 4.12. The summed E-state index contributed by atoms with van der Waals surface area (Å²) in [6.07, 6.45) is 0. The van der Waals surface area contributed by atoms with E-state index in [2.05, 4.69) is 5.32 Å². The maximum absolute atomic E-state index is 12.3. The van der Waals surface area contributed by atoms with Crippen LogP contribution in [0.15, 0.2) is 59.0 Å². The molecule has 0 saturated heterocycles. The summed E-state index contributed by atoms with van der Waals surface area (Å²) >= 11 is 12.1. The van der Waals surface area contributed by atoms with Gasteiger partial charge in [0.15, 0.2) is 17.3 Å². The van der Waals surface area contributed by atoms with E-state index in [9.17, 15) is 4.79 Å². The van der Waals surface area contributed by atoms with Crippen LogP contribution in [0.1, 0.15) is 16.3 Å². The Morgan fingerprint density at radius 3 is 2.38 bits per heavy atom. The molecule has 3 rings (SSSR count). The van der Waals surface area contributed by atoms with Crippen LogP contribution in [0.2, 0.25) is 10.0 Å². The van der Waals surface area contributed by atoms with Crippen molar-refractivity contribution in [2.24, 2.45) is 0 Å². The Kier molecular flexibility index (Phi) is 5.71. The summed E-state index contributed by atoms with van der Waals surface area (Å²) in [4.78, 5) is 12.3. The highest BCUT2D eigenvalue weighted by Gasteiger charge is 2.15. The van der Waals surface area contributed by atoms with E-state index in [1.54, 1.807) is 49.6 Å². The van der Waals surface area contributed by atoms with Gasteiger partial charge >= 0.3 is 0 Å². The molecular weight excluding hydrogens is 377 g/mol. The number of hydrogen-bond acceptors (Lipinski definition) is 4. The molecule has 1 heterocycles. The van der Waals surface area contributed by atoms with Crippen molar-refractivity contribution in [2.75, 3.05) is 12.4 Å². The van der Waals surface area contributed by atoms with Crippen molar-refractivity contribution < 1.29 is 18.7 Å². The molecule has 5 nitrogen and oxygen atoms in total. The van der Waals surface area contributed by atoms with Crippen LogP contribution in [-0.4, -0.2) is 13.0 Å². The molecule has 0 aliphatic heterocycles. The number of anilines is 1. The summed E-state index contributed by atoms with van der Waals surface area (Å²) < 4.78 is 16.4. The minimum atomic E-state index is -0.455. The molecule has 0 atom stereocenters. The Morgan fingerprint density at radius 2 is 1.69 bits per heavy atom. The Balaban J connectivity index is 1.67. The number of halogens is 2. The lowest BCUT2D eigenvalue weighted by molar-refractivity contribution is 0.0992. The Hall–Kier alpha value is -2.63. The highest BCUT2D eigenvalue weighted by atomic mass is 35.5. The van der Waals surface area contributed by atoms with E-state index in [4.69, 9.17) is 37.1 Å². The van der Waals surface area contributed by atoms with Crippen LogP contribution in [0.3, 0.4) is 0 Å². The summed E-state index contributed by atoms with van der Waals surface area (Å²) in [5.41, 5.74) is 0.337. The average Bonchev–Trinajstić information content (AvgIpc) is 3.12. The van der Waals surface area contributed by atoms with Crippen LogP contribution in [0.25, 0.3) is 0 Å². The van der Waals surface area contributed by atoms with Gasteiger partial charge in [0, 0.05) is 0 Å². The molecule has 0 aliphatic rings. The van der Waals surface area contributed by atoms with E-state index in [1.165, 1.54) is 0 Å². The first-order valence-corrected chi connectivity index (χ1v) is 8.44. The molecule has 26 heavy (non-hydrogen) atoms. The van der Waals surface area contributed by atoms with Crippen molar-refractivity contribution in [3.05, 3.63) is 76.2 Å². The smallest absolute Gasteiger partial charge is 0.291 e. The number of rotatable bonds is 6. The van der Waals surface area contributed by atoms with Gasteiger partial charge in [0.1, 0.15) is 12.4 Å². The van der Waals surface area contributed by atoms with E-state index in [0.29, 0.717) is 33.0 Å². The molecule has 3 aromatic rings. The number of carbonyl (C=O) groups is 1. The standard InChI is InChI=1S/C19H15Cl2NO4/c1-24-15-7-2-3-8-16(15)25-11-12-9-10-17(26-12)19(23)22-18-13(20)5-4-6-14(18)21/h2-10H,11H2,1H3,(H,22,23). The van der Waals surface area contributed by atoms with Gasteiger partial charge in [0.25, 0.3) is 5.91 Å². The maximum atomic E-state index is 12.3. The van der Waals surface area contributed by atoms with Gasteiger partial charge in [-0.3, -0.25) is 4.79 Å². The average molecular weight is 392 g/mol. The second kappa shape index (κ2) is 8.17. The van der Waals surface area contributed by atoms with Crippen molar-refractivity contribution >= 4 is 34.8 Å². The molecule has 7 heteroatoms. The number of benzene rings is 2. The predicted molar refractivity (Wildman–Crippen MR) is 100 cm³/mol. The minimum Gasteiger partial charge on any atom is -0.493 e. The molecule has 0 saturated carbocycles. The van der Waals surface area contributed by atoms with Crippen LogP contribution in [0.4, 0.5) is 5.69 Å². The van der Waals surface area contributed by atoms with E-state index in [-0.39, 0.29) is 12.4 Å². The molecule has 0 fully saturated rings. The van der Waals surface area contributed by atoms with Gasteiger partial charge in [-0.15, -0.1) is 0 Å². The van der Waals surface area contributed by atoms with Gasteiger partial charge < -0.3 is 19.2 Å². The Morgan fingerprint density at radius 1 is 1.00 bits per heavy atom. The third-order valence-electron chi connectivity index (χ3n) is 3.53. The zero-order valence-electron chi connectivity index (χ0n) is 13.8. The van der Waals surface area contributed by atoms with E-state index >= 15 is 0 Å². The summed E-state index contributed by atoms with van der Waals surface area (Å²) in [7, 11) is 1.57. The first-order chi connectivity index (χ1) is 12.6. The number of para-hydroxylation sites is 3. The molecule has 0 spiro atoms. The van der Waals surface area contributed by atoms with Crippen LogP contribution in [-0.2, 0) is 6.61 Å². The van der Waals surface area contributed by atoms with Crippen molar-refractivity contribution in [3.8, 4) is 11.5 Å². The second-order valence-corrected chi connectivity index (χ2v) is 6.07. The quantitative estimate of drug-likeness (QED) is 0.608. The first-order valence-electron chi connectivity index (χ1n) is 7.68. The van der Waals surface area contributed by atoms with Gasteiger partial charge in [-0.05, 0) is 36.4 Å². The normalized spacial score (nSPS) is 10.4. The molecule has 134 valence electrons. The number of nitrogens with one attached hydrogen (secondary N) is 1. The number of amides is 1. The fourth-order valence-electron chi connectivity index (χ4n) is 2.26. The molecule has 0 bridgehead atoms. The maximum Gasteiger partial charge on any atom is 0.291 e. The number of furan rings is 1. The van der Waals surface area contributed by atoms with Gasteiger partial charge in [-0.25, -0.2) is 0 Å². The molecule has 2 aromatic carbocycles. The third-order valence-corrected chi connectivity index (χ3v) is 4.16. The van der Waals surface area contributed by atoms with Gasteiger partial charge in [-0.2, -0.15) is 0 Å². The van der Waals surface area contributed by atoms with Gasteiger partial charge in [0.05, 0.1) is 22.8 Å². The molecule has 1 N–H and O–H groups in total. The lowest BCUT2D eigenvalue weighted by atomic mass is 10.3. The van der Waals surface area contributed by atoms with Crippen LogP contribution in [0, 0.1) is 0 Å². The number of ether oxygens (including phenoxy) is 2. The SMILES string of the molecule is COc1ccccc1OCc1ccc(C(=O)Nc2c(Cl)cccc2Cl)o1. The molecule has 1 aromatic heterocycles. The first kappa shape index (κ1) is 18.2. The van der Waals surface area contributed by atoms with Gasteiger partial charge in [-0.1, -0.05) is 41.4 Å². The lowest BCUT2D eigenvalue weighted by Gasteiger charge is -2.09. The molecule has 0 unspecified atom stereocenters.